The minimum Gasteiger partial charge on any atom is -0.396 e. The average Bonchev–Trinajstić information content (AvgIpc) is 2.93. The fourth-order valence-corrected chi connectivity index (χ4v) is 3.08. The topological polar surface area (TPSA) is 58.6 Å². The standard InChI is InChI=1S/C17H23ClFNO3/c1-16(2,13-4-3-12(18)9-14(13)19)15(22)20-10-17(5-7-21)6-8-23-11-17/h3-4,9,21H,5-8,10-11H2,1-2H3,(H,20,22)/t17-/m1/s1. The Bertz CT molecular complexity index is 571. The van der Waals surface area contributed by atoms with Crippen molar-refractivity contribution in [2.75, 3.05) is 26.4 Å². The predicted octanol–water partition coefficient (Wildman–Crippen LogP) is 2.66. The summed E-state index contributed by atoms with van der Waals surface area (Å²) in [5.41, 5.74) is -0.952. The lowest BCUT2D eigenvalue weighted by Gasteiger charge is -2.30. The van der Waals surface area contributed by atoms with Crippen LogP contribution >= 0.6 is 11.6 Å². The third-order valence-corrected chi connectivity index (χ3v) is 4.86. The first-order valence-corrected chi connectivity index (χ1v) is 8.11. The first-order chi connectivity index (χ1) is 10.8. The number of benzene rings is 1. The number of aliphatic hydroxyl groups excluding tert-OH is 1. The molecule has 0 aromatic heterocycles. The predicted molar refractivity (Wildman–Crippen MR) is 87.0 cm³/mol. The summed E-state index contributed by atoms with van der Waals surface area (Å²) in [4.78, 5) is 12.6. The van der Waals surface area contributed by atoms with Gasteiger partial charge in [0.1, 0.15) is 5.82 Å². The monoisotopic (exact) mass is 343 g/mol. The van der Waals surface area contributed by atoms with Crippen molar-refractivity contribution in [1.82, 2.24) is 5.32 Å². The van der Waals surface area contributed by atoms with Crippen LogP contribution < -0.4 is 5.32 Å². The number of hydrogen-bond donors (Lipinski definition) is 2. The highest BCUT2D eigenvalue weighted by atomic mass is 35.5. The van der Waals surface area contributed by atoms with E-state index in [1.807, 2.05) is 0 Å². The highest BCUT2D eigenvalue weighted by molar-refractivity contribution is 6.30. The van der Waals surface area contributed by atoms with Crippen molar-refractivity contribution in [1.29, 1.82) is 0 Å². The van der Waals surface area contributed by atoms with Crippen molar-refractivity contribution in [3.05, 3.63) is 34.6 Å². The summed E-state index contributed by atoms with van der Waals surface area (Å²) in [7, 11) is 0. The van der Waals surface area contributed by atoms with E-state index in [9.17, 15) is 14.3 Å². The van der Waals surface area contributed by atoms with Gasteiger partial charge in [0, 0.05) is 35.8 Å². The minimum absolute atomic E-state index is 0.0500. The van der Waals surface area contributed by atoms with Crippen LogP contribution in [0, 0.1) is 11.2 Å². The molecule has 1 aliphatic rings. The molecular formula is C17H23ClFNO3. The molecule has 128 valence electrons. The van der Waals surface area contributed by atoms with Gasteiger partial charge in [-0.05, 0) is 38.8 Å². The lowest BCUT2D eigenvalue weighted by molar-refractivity contribution is -0.126. The first-order valence-electron chi connectivity index (χ1n) is 7.73. The fourth-order valence-electron chi connectivity index (χ4n) is 2.92. The van der Waals surface area contributed by atoms with Gasteiger partial charge in [-0.2, -0.15) is 0 Å². The third-order valence-electron chi connectivity index (χ3n) is 4.62. The molecule has 1 heterocycles. The molecular weight excluding hydrogens is 321 g/mol. The molecule has 1 aromatic rings. The van der Waals surface area contributed by atoms with Crippen LogP contribution in [-0.2, 0) is 14.9 Å². The maximum Gasteiger partial charge on any atom is 0.230 e. The van der Waals surface area contributed by atoms with Gasteiger partial charge in [-0.1, -0.05) is 17.7 Å². The number of carbonyl (C=O) groups is 1. The highest BCUT2D eigenvalue weighted by Crippen LogP contribution is 2.32. The number of nitrogens with one attached hydrogen (secondary N) is 1. The van der Waals surface area contributed by atoms with Crippen molar-refractivity contribution in [3.8, 4) is 0 Å². The molecule has 0 radical (unpaired) electrons. The Hall–Kier alpha value is -1.17. The van der Waals surface area contributed by atoms with E-state index >= 15 is 0 Å². The van der Waals surface area contributed by atoms with Crippen molar-refractivity contribution in [2.45, 2.75) is 32.1 Å². The molecule has 1 aromatic carbocycles. The van der Waals surface area contributed by atoms with Gasteiger partial charge in [-0.3, -0.25) is 4.79 Å². The third kappa shape index (κ3) is 4.03. The molecule has 1 aliphatic heterocycles. The Morgan fingerprint density at radius 1 is 1.52 bits per heavy atom. The van der Waals surface area contributed by atoms with Gasteiger partial charge < -0.3 is 15.2 Å². The zero-order valence-electron chi connectivity index (χ0n) is 13.5. The number of hydrogen-bond acceptors (Lipinski definition) is 3. The highest BCUT2D eigenvalue weighted by Gasteiger charge is 2.38. The number of ether oxygens (including phenoxy) is 1. The van der Waals surface area contributed by atoms with Crippen molar-refractivity contribution >= 4 is 17.5 Å². The summed E-state index contributed by atoms with van der Waals surface area (Å²) in [6.07, 6.45) is 1.37. The van der Waals surface area contributed by atoms with E-state index < -0.39 is 11.2 Å². The first kappa shape index (κ1) is 18.2. The van der Waals surface area contributed by atoms with Crippen LogP contribution in [0.25, 0.3) is 0 Å². The molecule has 1 atom stereocenters. The van der Waals surface area contributed by atoms with E-state index in [0.29, 0.717) is 36.8 Å². The zero-order valence-corrected chi connectivity index (χ0v) is 14.3. The largest absolute Gasteiger partial charge is 0.396 e. The second kappa shape index (κ2) is 7.16. The van der Waals surface area contributed by atoms with E-state index in [0.717, 1.165) is 6.42 Å². The number of aliphatic hydroxyl groups is 1. The Balaban J connectivity index is 2.09. The summed E-state index contributed by atoms with van der Waals surface area (Å²) in [5.74, 6) is -0.755. The van der Waals surface area contributed by atoms with Crippen LogP contribution in [0.15, 0.2) is 18.2 Å². The summed E-state index contributed by atoms with van der Waals surface area (Å²) in [5, 5.41) is 12.4. The molecule has 6 heteroatoms. The Morgan fingerprint density at radius 2 is 2.26 bits per heavy atom. The van der Waals surface area contributed by atoms with Gasteiger partial charge in [0.05, 0.1) is 12.0 Å². The molecule has 2 N–H and O–H groups in total. The van der Waals surface area contributed by atoms with Crippen LogP contribution in [0.3, 0.4) is 0 Å². The molecule has 1 saturated heterocycles. The number of rotatable bonds is 6. The van der Waals surface area contributed by atoms with Gasteiger partial charge >= 0.3 is 0 Å². The van der Waals surface area contributed by atoms with Crippen molar-refractivity contribution < 1.29 is 19.0 Å². The molecule has 2 rings (SSSR count). The van der Waals surface area contributed by atoms with E-state index in [1.165, 1.54) is 6.07 Å². The average molecular weight is 344 g/mol. The molecule has 23 heavy (non-hydrogen) atoms. The van der Waals surface area contributed by atoms with Gasteiger partial charge in [-0.25, -0.2) is 4.39 Å². The molecule has 0 saturated carbocycles. The number of carbonyl (C=O) groups excluding carboxylic acids is 1. The van der Waals surface area contributed by atoms with E-state index in [1.54, 1.807) is 26.0 Å². The SMILES string of the molecule is CC(C)(C(=O)NC[C@@]1(CCO)CCOC1)c1ccc(Cl)cc1F. The summed E-state index contributed by atoms with van der Waals surface area (Å²) >= 11 is 5.77. The minimum atomic E-state index is -1.02. The Labute approximate surface area is 141 Å². The van der Waals surface area contributed by atoms with Crippen molar-refractivity contribution in [3.63, 3.8) is 0 Å². The Kier molecular flexibility index (Phi) is 5.65. The molecule has 1 amide bonds. The lowest BCUT2D eigenvalue weighted by atomic mass is 9.81. The van der Waals surface area contributed by atoms with E-state index in [4.69, 9.17) is 16.3 Å². The normalized spacial score (nSPS) is 21.4. The molecule has 0 aliphatic carbocycles. The van der Waals surface area contributed by atoms with Crippen LogP contribution in [0.2, 0.25) is 5.02 Å². The van der Waals surface area contributed by atoms with Gasteiger partial charge in [0.2, 0.25) is 5.91 Å². The van der Waals surface area contributed by atoms with Crippen LogP contribution in [0.5, 0.6) is 0 Å². The van der Waals surface area contributed by atoms with Crippen LogP contribution in [-0.4, -0.2) is 37.4 Å². The maximum atomic E-state index is 14.1. The van der Waals surface area contributed by atoms with Gasteiger partial charge in [0.25, 0.3) is 0 Å². The summed E-state index contributed by atoms with van der Waals surface area (Å²) < 4.78 is 19.5. The molecule has 0 bridgehead atoms. The van der Waals surface area contributed by atoms with Gasteiger partial charge in [-0.15, -0.1) is 0 Å². The van der Waals surface area contributed by atoms with Crippen molar-refractivity contribution in [2.24, 2.45) is 5.41 Å². The second-order valence-corrected chi connectivity index (χ2v) is 7.14. The fraction of sp³-hybridized carbons (Fsp3) is 0.588. The lowest BCUT2D eigenvalue weighted by Crippen LogP contribution is -2.46. The molecule has 0 unspecified atom stereocenters. The number of halogens is 2. The molecule has 0 spiro atoms. The summed E-state index contributed by atoms with van der Waals surface area (Å²) in [6.45, 7) is 4.96. The maximum absolute atomic E-state index is 14.1. The number of amides is 1. The van der Waals surface area contributed by atoms with Gasteiger partial charge in [0.15, 0.2) is 0 Å². The Morgan fingerprint density at radius 3 is 2.83 bits per heavy atom. The molecule has 1 fully saturated rings. The second-order valence-electron chi connectivity index (χ2n) is 6.71. The summed E-state index contributed by atoms with van der Waals surface area (Å²) in [6, 6.07) is 4.33. The zero-order chi connectivity index (χ0) is 17.1. The quantitative estimate of drug-likeness (QED) is 0.835. The molecule has 4 nitrogen and oxygen atoms in total. The van der Waals surface area contributed by atoms with Crippen LogP contribution in [0.1, 0.15) is 32.3 Å². The van der Waals surface area contributed by atoms with E-state index in [2.05, 4.69) is 5.32 Å². The van der Waals surface area contributed by atoms with E-state index in [-0.39, 0.29) is 17.9 Å². The van der Waals surface area contributed by atoms with Crippen LogP contribution in [0.4, 0.5) is 4.39 Å². The smallest absolute Gasteiger partial charge is 0.230 e.